The third-order valence-electron chi connectivity index (χ3n) is 4.79. The molecule has 0 saturated carbocycles. The van der Waals surface area contributed by atoms with E-state index in [4.69, 9.17) is 10.5 Å². The zero-order valence-corrected chi connectivity index (χ0v) is 17.9. The lowest BCUT2D eigenvalue weighted by Gasteiger charge is -2.23. The molecule has 4 heteroatoms. The average molecular weight is 383 g/mol. The Morgan fingerprint density at radius 2 is 1.24 bits per heavy atom. The second kappa shape index (κ2) is 8.22. The van der Waals surface area contributed by atoms with Gasteiger partial charge in [-0.25, -0.2) is 0 Å². The van der Waals surface area contributed by atoms with Crippen molar-refractivity contribution in [1.29, 1.82) is 15.8 Å². The number of allylic oxidation sites excluding steroid dienone is 2. The summed E-state index contributed by atoms with van der Waals surface area (Å²) in [7, 11) is 0. The number of anilines is 1. The Balaban J connectivity index is 2.65. The quantitative estimate of drug-likeness (QED) is 0.642. The molecule has 0 saturated heterocycles. The highest BCUT2D eigenvalue weighted by molar-refractivity contribution is 5.81. The standard InChI is InChI=1S/C25H26N4/c1-24(2,3)19-9-7-17(8-10-19)21-12-11-20(25(4,5)6)13-22(21)29-23(16-28)18(14-26)15-27/h7-13,29H,1-6H3. The van der Waals surface area contributed by atoms with E-state index in [0.717, 1.165) is 16.7 Å². The molecule has 0 amide bonds. The molecular weight excluding hydrogens is 356 g/mol. The summed E-state index contributed by atoms with van der Waals surface area (Å²) >= 11 is 0. The lowest BCUT2D eigenvalue weighted by Crippen LogP contribution is -2.12. The number of benzene rings is 2. The summed E-state index contributed by atoms with van der Waals surface area (Å²) in [6, 6.07) is 19.9. The first-order valence-corrected chi connectivity index (χ1v) is 9.48. The van der Waals surface area contributed by atoms with E-state index in [1.165, 1.54) is 5.56 Å². The normalized spacial score (nSPS) is 11.0. The maximum Gasteiger partial charge on any atom is 0.163 e. The Kier molecular flexibility index (Phi) is 6.16. The molecule has 0 radical (unpaired) electrons. The molecule has 0 fully saturated rings. The van der Waals surface area contributed by atoms with Crippen LogP contribution in [0.2, 0.25) is 0 Å². The zero-order valence-electron chi connectivity index (χ0n) is 17.9. The van der Waals surface area contributed by atoms with Crippen LogP contribution in [-0.2, 0) is 10.8 Å². The van der Waals surface area contributed by atoms with Crippen molar-refractivity contribution in [3.63, 3.8) is 0 Å². The van der Waals surface area contributed by atoms with Gasteiger partial charge in [-0.2, -0.15) is 15.8 Å². The second-order valence-corrected chi connectivity index (χ2v) is 9.05. The van der Waals surface area contributed by atoms with Gasteiger partial charge >= 0.3 is 0 Å². The van der Waals surface area contributed by atoms with E-state index in [1.54, 1.807) is 12.1 Å². The Morgan fingerprint density at radius 3 is 1.69 bits per heavy atom. The number of nitrogens with one attached hydrogen (secondary N) is 1. The van der Waals surface area contributed by atoms with E-state index in [0.29, 0.717) is 5.69 Å². The van der Waals surface area contributed by atoms with Crippen LogP contribution >= 0.6 is 0 Å². The fraction of sp³-hybridized carbons (Fsp3) is 0.320. The SMILES string of the molecule is CC(C)(C)c1ccc(-c2ccc(C(C)(C)C)cc2NC(C#N)=C(C#N)C#N)cc1. The van der Waals surface area contributed by atoms with Crippen LogP contribution in [-0.4, -0.2) is 0 Å². The Hall–Kier alpha value is -3.55. The van der Waals surface area contributed by atoms with Crippen LogP contribution < -0.4 is 5.32 Å². The van der Waals surface area contributed by atoms with Crippen molar-refractivity contribution in [2.75, 3.05) is 5.32 Å². The highest BCUT2D eigenvalue weighted by Gasteiger charge is 2.18. The van der Waals surface area contributed by atoms with E-state index in [9.17, 15) is 5.26 Å². The molecule has 0 aliphatic carbocycles. The van der Waals surface area contributed by atoms with Gasteiger partial charge in [0.25, 0.3) is 0 Å². The molecule has 0 aromatic heterocycles. The van der Waals surface area contributed by atoms with Gasteiger partial charge < -0.3 is 5.32 Å². The third kappa shape index (κ3) is 5.04. The average Bonchev–Trinajstić information content (AvgIpc) is 2.66. The van der Waals surface area contributed by atoms with Crippen molar-refractivity contribution in [2.45, 2.75) is 52.4 Å². The van der Waals surface area contributed by atoms with E-state index in [2.05, 4.69) is 77.2 Å². The molecule has 146 valence electrons. The first-order valence-electron chi connectivity index (χ1n) is 9.48. The molecule has 2 rings (SSSR count). The van der Waals surface area contributed by atoms with Gasteiger partial charge in [-0.15, -0.1) is 0 Å². The summed E-state index contributed by atoms with van der Waals surface area (Å²) in [4.78, 5) is 0. The zero-order chi connectivity index (χ0) is 21.8. The van der Waals surface area contributed by atoms with Crippen LogP contribution in [0.3, 0.4) is 0 Å². The highest BCUT2D eigenvalue weighted by atomic mass is 14.9. The molecule has 29 heavy (non-hydrogen) atoms. The lowest BCUT2D eigenvalue weighted by molar-refractivity contribution is 0.590. The summed E-state index contributed by atoms with van der Waals surface area (Å²) in [5.74, 6) is 0. The predicted molar refractivity (Wildman–Crippen MR) is 117 cm³/mol. The maximum atomic E-state index is 9.46. The molecule has 0 spiro atoms. The van der Waals surface area contributed by atoms with Crippen molar-refractivity contribution in [3.05, 3.63) is 64.9 Å². The maximum absolute atomic E-state index is 9.46. The van der Waals surface area contributed by atoms with Crippen LogP contribution in [0.5, 0.6) is 0 Å². The Labute approximate surface area is 173 Å². The molecule has 0 bridgehead atoms. The molecule has 0 aliphatic heterocycles. The van der Waals surface area contributed by atoms with Crippen molar-refractivity contribution in [3.8, 4) is 29.3 Å². The first kappa shape index (κ1) is 21.7. The van der Waals surface area contributed by atoms with E-state index >= 15 is 0 Å². The molecule has 2 aromatic carbocycles. The Morgan fingerprint density at radius 1 is 0.724 bits per heavy atom. The van der Waals surface area contributed by atoms with Gasteiger partial charge in [0.2, 0.25) is 0 Å². The van der Waals surface area contributed by atoms with Crippen LogP contribution in [0.15, 0.2) is 53.7 Å². The molecule has 0 aliphatic rings. The highest BCUT2D eigenvalue weighted by Crippen LogP contribution is 2.35. The number of nitriles is 3. The van der Waals surface area contributed by atoms with Crippen molar-refractivity contribution in [2.24, 2.45) is 0 Å². The molecule has 0 unspecified atom stereocenters. The molecule has 0 atom stereocenters. The smallest absolute Gasteiger partial charge is 0.163 e. The van der Waals surface area contributed by atoms with Gasteiger partial charge in [-0.1, -0.05) is 77.9 Å². The third-order valence-corrected chi connectivity index (χ3v) is 4.79. The number of hydrogen-bond donors (Lipinski definition) is 1. The molecular formula is C25H26N4. The van der Waals surface area contributed by atoms with Gasteiger partial charge in [-0.05, 0) is 33.6 Å². The fourth-order valence-corrected chi connectivity index (χ4v) is 2.93. The largest absolute Gasteiger partial charge is 0.345 e. The summed E-state index contributed by atoms with van der Waals surface area (Å²) in [5.41, 5.74) is 4.60. The first-order chi connectivity index (χ1) is 13.5. The number of hydrogen-bond acceptors (Lipinski definition) is 4. The summed E-state index contributed by atoms with van der Waals surface area (Å²) in [5, 5.41) is 30.8. The molecule has 0 heterocycles. The van der Waals surface area contributed by atoms with Gasteiger partial charge in [0.05, 0.1) is 0 Å². The van der Waals surface area contributed by atoms with E-state index < -0.39 is 0 Å². The Bertz CT molecular complexity index is 1040. The van der Waals surface area contributed by atoms with E-state index in [-0.39, 0.29) is 22.1 Å². The summed E-state index contributed by atoms with van der Waals surface area (Å²) in [6.45, 7) is 12.8. The number of rotatable bonds is 3. The molecule has 2 aromatic rings. The van der Waals surface area contributed by atoms with Crippen LogP contribution in [0.1, 0.15) is 52.7 Å². The second-order valence-electron chi connectivity index (χ2n) is 9.05. The van der Waals surface area contributed by atoms with Gasteiger partial charge in [-0.3, -0.25) is 0 Å². The van der Waals surface area contributed by atoms with Crippen LogP contribution in [0.25, 0.3) is 11.1 Å². The minimum atomic E-state index is -0.234. The fourth-order valence-electron chi connectivity index (χ4n) is 2.93. The van der Waals surface area contributed by atoms with Crippen molar-refractivity contribution >= 4 is 5.69 Å². The minimum absolute atomic E-state index is 0.0476. The lowest BCUT2D eigenvalue weighted by atomic mass is 9.84. The molecule has 1 N–H and O–H groups in total. The predicted octanol–water partition coefficient (Wildman–Crippen LogP) is 6.19. The van der Waals surface area contributed by atoms with Gasteiger partial charge in [0.1, 0.15) is 23.9 Å². The van der Waals surface area contributed by atoms with Crippen molar-refractivity contribution in [1.82, 2.24) is 0 Å². The monoisotopic (exact) mass is 382 g/mol. The van der Waals surface area contributed by atoms with Gasteiger partial charge in [0, 0.05) is 11.3 Å². The minimum Gasteiger partial charge on any atom is -0.345 e. The van der Waals surface area contributed by atoms with Crippen molar-refractivity contribution < 1.29 is 0 Å². The van der Waals surface area contributed by atoms with Crippen LogP contribution in [0, 0.1) is 34.0 Å². The van der Waals surface area contributed by atoms with Gasteiger partial charge in [0.15, 0.2) is 5.57 Å². The molecule has 4 nitrogen and oxygen atoms in total. The summed E-state index contributed by atoms with van der Waals surface area (Å²) in [6.07, 6.45) is 0. The number of nitrogens with zero attached hydrogens (tertiary/aromatic N) is 3. The topological polar surface area (TPSA) is 83.4 Å². The van der Waals surface area contributed by atoms with E-state index in [1.807, 2.05) is 18.2 Å². The van der Waals surface area contributed by atoms with Crippen LogP contribution in [0.4, 0.5) is 5.69 Å². The summed E-state index contributed by atoms with van der Waals surface area (Å²) < 4.78 is 0.